The molecule has 0 radical (unpaired) electrons. The highest BCUT2D eigenvalue weighted by Gasteiger charge is 2.37. The summed E-state index contributed by atoms with van der Waals surface area (Å²) >= 11 is 1.58. The minimum atomic E-state index is -5.09. The number of fused-ring (bicyclic) bond motifs is 1. The molecule has 2 heterocycles. The number of rotatable bonds is 10. The Kier molecular flexibility index (Phi) is 9.38. The van der Waals surface area contributed by atoms with Gasteiger partial charge in [-0.15, -0.1) is 11.3 Å². The normalized spacial score (nSPS) is 16.7. The quantitative estimate of drug-likeness (QED) is 0.322. The van der Waals surface area contributed by atoms with E-state index in [0.29, 0.717) is 50.6 Å². The molecule has 3 aromatic rings. The van der Waals surface area contributed by atoms with E-state index in [0.717, 1.165) is 15.2 Å². The van der Waals surface area contributed by atoms with Crippen LogP contribution in [-0.4, -0.2) is 86.0 Å². The van der Waals surface area contributed by atoms with Crippen LogP contribution in [0.4, 0.5) is 32.0 Å². The molecule has 1 aliphatic rings. The predicted molar refractivity (Wildman–Crippen MR) is 143 cm³/mol. The third kappa shape index (κ3) is 8.91. The zero-order valence-electron chi connectivity index (χ0n) is 21.8. The first-order chi connectivity index (χ1) is 19.1. The fourth-order valence-electron chi connectivity index (χ4n) is 4.34. The van der Waals surface area contributed by atoms with Gasteiger partial charge in [0.2, 0.25) is 10.0 Å². The summed E-state index contributed by atoms with van der Waals surface area (Å²) in [6, 6.07) is 6.14. The van der Waals surface area contributed by atoms with Crippen molar-refractivity contribution in [3.05, 3.63) is 52.5 Å². The molecule has 0 amide bonds. The van der Waals surface area contributed by atoms with Gasteiger partial charge in [-0.05, 0) is 37.3 Å². The molecular weight excluding hydrogens is 598 g/mol. The Bertz CT molecular complexity index is 1420. The van der Waals surface area contributed by atoms with Gasteiger partial charge in [0.25, 0.3) is 0 Å². The van der Waals surface area contributed by atoms with E-state index in [-0.39, 0.29) is 19.2 Å². The number of ether oxygens (including phenoxy) is 1. The summed E-state index contributed by atoms with van der Waals surface area (Å²) in [5, 5.41) is 11.4. The van der Waals surface area contributed by atoms with Crippen molar-refractivity contribution < 1.29 is 44.6 Å². The summed E-state index contributed by atoms with van der Waals surface area (Å²) in [6.45, 7) is 4.33. The van der Waals surface area contributed by atoms with Crippen LogP contribution in [0.3, 0.4) is 0 Å². The van der Waals surface area contributed by atoms with Crippen LogP contribution in [0.15, 0.2) is 36.4 Å². The molecule has 8 nitrogen and oxygen atoms in total. The molecular formula is C25H28F6N4O4S2. The molecule has 0 bridgehead atoms. The van der Waals surface area contributed by atoms with E-state index in [4.69, 9.17) is 4.74 Å². The first-order valence-corrected chi connectivity index (χ1v) is 15.0. The Labute approximate surface area is 236 Å². The van der Waals surface area contributed by atoms with Crippen molar-refractivity contribution in [3.63, 3.8) is 0 Å². The van der Waals surface area contributed by atoms with Crippen molar-refractivity contribution in [2.24, 2.45) is 0 Å². The van der Waals surface area contributed by atoms with E-state index in [1.807, 2.05) is 39.6 Å². The molecule has 2 N–H and O–H groups in total. The summed E-state index contributed by atoms with van der Waals surface area (Å²) in [5.74, 6) is 0.0745. The molecule has 226 valence electrons. The summed E-state index contributed by atoms with van der Waals surface area (Å²) in [7, 11) is -4.24. The fourth-order valence-corrected chi connectivity index (χ4v) is 6.23. The van der Waals surface area contributed by atoms with Crippen LogP contribution in [-0.2, 0) is 22.4 Å². The average Bonchev–Trinajstić information content (AvgIpc) is 3.25. The van der Waals surface area contributed by atoms with Gasteiger partial charge in [-0.3, -0.25) is 14.5 Å². The smallest absolute Gasteiger partial charge is 0.416 e. The Morgan fingerprint density at radius 2 is 1.61 bits per heavy atom. The standard InChI is InChI=1S/C25H28F6N4O4S2/c1-16-32-22-13-21(2-3-23(22)40-16)39-15-20(36)14-35-6-4-34(5-7-35)8-9-41(37,38)33-19-11-17(24(26,27)28)10-18(12-19)25(29,30)31/h2-3,10-13,20,33,36H,4-9,14-15H2,1H3/t20-/m1/s1. The number of hydrogen-bond acceptors (Lipinski definition) is 8. The summed E-state index contributed by atoms with van der Waals surface area (Å²) < 4.78 is 112. The lowest BCUT2D eigenvalue weighted by atomic mass is 10.1. The third-order valence-corrected chi connectivity index (χ3v) is 8.60. The Balaban J connectivity index is 1.23. The maximum absolute atomic E-state index is 13.1. The van der Waals surface area contributed by atoms with Crippen LogP contribution in [0.1, 0.15) is 16.1 Å². The molecule has 1 aliphatic heterocycles. The fraction of sp³-hybridized carbons (Fsp3) is 0.480. The van der Waals surface area contributed by atoms with Gasteiger partial charge in [0, 0.05) is 51.0 Å². The summed E-state index contributed by atoms with van der Waals surface area (Å²) in [6.07, 6.45) is -10.9. The number of piperazine rings is 1. The van der Waals surface area contributed by atoms with Crippen LogP contribution in [0.25, 0.3) is 10.2 Å². The highest BCUT2D eigenvalue weighted by atomic mass is 32.2. The molecule has 41 heavy (non-hydrogen) atoms. The third-order valence-electron chi connectivity index (χ3n) is 6.38. The lowest BCUT2D eigenvalue weighted by Crippen LogP contribution is -2.50. The zero-order valence-corrected chi connectivity index (χ0v) is 23.4. The van der Waals surface area contributed by atoms with E-state index < -0.39 is 51.0 Å². The molecule has 2 aromatic carbocycles. The second kappa shape index (κ2) is 12.3. The first-order valence-electron chi connectivity index (χ1n) is 12.5. The molecule has 0 saturated carbocycles. The number of thiazole rings is 1. The van der Waals surface area contributed by atoms with Gasteiger partial charge in [-0.25, -0.2) is 13.4 Å². The molecule has 16 heteroatoms. The van der Waals surface area contributed by atoms with Crippen molar-refractivity contribution in [1.29, 1.82) is 0 Å². The zero-order chi connectivity index (χ0) is 30.0. The van der Waals surface area contributed by atoms with Crippen LogP contribution in [0.5, 0.6) is 5.75 Å². The van der Waals surface area contributed by atoms with E-state index >= 15 is 0 Å². The summed E-state index contributed by atoms with van der Waals surface area (Å²) in [4.78, 5) is 8.22. The number of halogens is 6. The second-order valence-electron chi connectivity index (χ2n) is 9.68. The predicted octanol–water partition coefficient (Wildman–Crippen LogP) is 4.44. The number of aromatic nitrogens is 1. The largest absolute Gasteiger partial charge is 0.491 e. The van der Waals surface area contributed by atoms with Crippen LogP contribution in [0.2, 0.25) is 0 Å². The van der Waals surface area contributed by atoms with Crippen molar-refractivity contribution >= 4 is 37.3 Å². The van der Waals surface area contributed by atoms with E-state index in [1.54, 1.807) is 11.3 Å². The molecule has 1 atom stereocenters. The SMILES string of the molecule is Cc1nc2cc(OC[C@H](O)CN3CCN(CCS(=O)(=O)Nc4cc(C(F)(F)F)cc(C(F)(F)F)c4)CC3)ccc2s1. The maximum atomic E-state index is 13.1. The highest BCUT2D eigenvalue weighted by Crippen LogP contribution is 2.37. The van der Waals surface area contributed by atoms with Crippen LogP contribution in [0, 0.1) is 6.92 Å². The van der Waals surface area contributed by atoms with Crippen molar-refractivity contribution in [2.45, 2.75) is 25.4 Å². The number of aliphatic hydroxyl groups is 1. The Hall–Kier alpha value is -2.66. The number of sulfonamides is 1. The van der Waals surface area contributed by atoms with Gasteiger partial charge in [0.1, 0.15) is 18.5 Å². The molecule has 0 aliphatic carbocycles. The number of anilines is 1. The molecule has 1 aromatic heterocycles. The molecule has 1 fully saturated rings. The van der Waals surface area contributed by atoms with Gasteiger partial charge in [-0.2, -0.15) is 26.3 Å². The highest BCUT2D eigenvalue weighted by molar-refractivity contribution is 7.92. The van der Waals surface area contributed by atoms with Crippen LogP contribution >= 0.6 is 11.3 Å². The second-order valence-corrected chi connectivity index (χ2v) is 12.8. The number of β-amino-alcohol motifs (C(OH)–C–C–N with tert-alkyl or cyclic N) is 1. The number of nitrogens with one attached hydrogen (secondary N) is 1. The Morgan fingerprint density at radius 3 is 2.22 bits per heavy atom. The topological polar surface area (TPSA) is 95.0 Å². The first kappa shape index (κ1) is 31.3. The number of aliphatic hydroxyl groups excluding tert-OH is 1. The maximum Gasteiger partial charge on any atom is 0.416 e. The monoisotopic (exact) mass is 626 g/mol. The van der Waals surface area contributed by atoms with Crippen LogP contribution < -0.4 is 9.46 Å². The van der Waals surface area contributed by atoms with E-state index in [2.05, 4.69) is 4.98 Å². The van der Waals surface area contributed by atoms with Crippen molar-refractivity contribution in [3.8, 4) is 5.75 Å². The number of alkyl halides is 6. The van der Waals surface area contributed by atoms with Gasteiger partial charge in [0.05, 0.1) is 32.1 Å². The lowest BCUT2D eigenvalue weighted by Gasteiger charge is -2.35. The number of aryl methyl sites for hydroxylation is 1. The average molecular weight is 627 g/mol. The van der Waals surface area contributed by atoms with Gasteiger partial charge in [-0.1, -0.05) is 0 Å². The molecule has 4 rings (SSSR count). The Morgan fingerprint density at radius 1 is 1.00 bits per heavy atom. The summed E-state index contributed by atoms with van der Waals surface area (Å²) in [5.41, 5.74) is -3.20. The minimum Gasteiger partial charge on any atom is -0.491 e. The molecule has 1 saturated heterocycles. The van der Waals surface area contributed by atoms with Gasteiger partial charge >= 0.3 is 12.4 Å². The number of hydrogen-bond donors (Lipinski definition) is 2. The van der Waals surface area contributed by atoms with Gasteiger partial charge < -0.3 is 9.84 Å². The van der Waals surface area contributed by atoms with Crippen molar-refractivity contribution in [2.75, 3.05) is 56.4 Å². The number of nitrogens with zero attached hydrogens (tertiary/aromatic N) is 3. The molecule has 0 unspecified atom stereocenters. The minimum absolute atomic E-state index is 0.0263. The van der Waals surface area contributed by atoms with Gasteiger partial charge in [0.15, 0.2) is 0 Å². The van der Waals surface area contributed by atoms with Crippen molar-refractivity contribution in [1.82, 2.24) is 14.8 Å². The molecule has 0 spiro atoms. The van der Waals surface area contributed by atoms with E-state index in [9.17, 15) is 39.9 Å². The van der Waals surface area contributed by atoms with E-state index in [1.165, 1.54) is 0 Å². The number of benzene rings is 2. The lowest BCUT2D eigenvalue weighted by molar-refractivity contribution is -0.143.